The molecule has 0 saturated carbocycles. The van der Waals surface area contributed by atoms with Crippen LogP contribution in [0.4, 0.5) is 0 Å². The molecule has 0 fully saturated rings. The molecule has 0 unspecified atom stereocenters. The van der Waals surface area contributed by atoms with Crippen molar-refractivity contribution >= 4 is 0 Å². The first-order valence-corrected chi connectivity index (χ1v) is 4.31. The van der Waals surface area contributed by atoms with Crippen LogP contribution in [-0.2, 0) is 0 Å². The van der Waals surface area contributed by atoms with E-state index in [1.54, 1.807) is 0 Å². The Morgan fingerprint density at radius 3 is 2.25 bits per heavy atom. The van der Waals surface area contributed by atoms with Crippen LogP contribution in [0.2, 0.25) is 0 Å². The van der Waals surface area contributed by atoms with E-state index in [1.165, 1.54) is 17.6 Å². The molecule has 0 aliphatic rings. The maximum absolute atomic E-state index is 3.82. The van der Waals surface area contributed by atoms with Crippen molar-refractivity contribution in [2.45, 2.75) is 40.0 Å². The van der Waals surface area contributed by atoms with E-state index in [4.69, 9.17) is 0 Å². The summed E-state index contributed by atoms with van der Waals surface area (Å²) in [5.41, 5.74) is 2.67. The second-order valence-electron chi connectivity index (χ2n) is 3.05. The van der Waals surface area contributed by atoms with Gasteiger partial charge in [0.15, 0.2) is 0 Å². The van der Waals surface area contributed by atoms with Crippen molar-refractivity contribution < 1.29 is 18.9 Å². The summed E-state index contributed by atoms with van der Waals surface area (Å²) in [6, 6.07) is 0. The van der Waals surface area contributed by atoms with Gasteiger partial charge in [0, 0.05) is 0 Å². The smallest absolute Gasteiger partial charge is 0.242 e. The molecule has 1 heteroatoms. The zero-order valence-electron chi connectivity index (χ0n) is 8.98. The van der Waals surface area contributed by atoms with Crippen molar-refractivity contribution in [3.8, 4) is 0 Å². The van der Waals surface area contributed by atoms with Gasteiger partial charge in [0.1, 0.15) is 0 Å². The second-order valence-corrected chi connectivity index (χ2v) is 3.05. The number of allylic oxidation sites excluding steroid dienone is 4. The van der Waals surface area contributed by atoms with Gasteiger partial charge in [-0.25, -0.2) is 18.6 Å². The van der Waals surface area contributed by atoms with Crippen LogP contribution in [-0.4, -0.2) is 0 Å². The molecule has 0 N–H and O–H groups in total. The van der Waals surface area contributed by atoms with Gasteiger partial charge in [-0.15, -0.1) is 0 Å². The molecule has 0 nitrogen and oxygen atoms in total. The first-order valence-electron chi connectivity index (χ1n) is 4.31. The molecule has 12 heavy (non-hydrogen) atoms. The van der Waals surface area contributed by atoms with Crippen LogP contribution in [0.3, 0.4) is 0 Å². The minimum atomic E-state index is 0. The van der Waals surface area contributed by atoms with Crippen molar-refractivity contribution in [3.63, 3.8) is 0 Å². The summed E-state index contributed by atoms with van der Waals surface area (Å²) in [4.78, 5) is 0. The number of hydrogen-bond acceptors (Lipinski definition) is 0. The maximum atomic E-state index is 3.82. The van der Waals surface area contributed by atoms with Crippen molar-refractivity contribution in [1.82, 2.24) is 0 Å². The first-order chi connectivity index (χ1) is 5.16. The zero-order valence-corrected chi connectivity index (χ0v) is 8.98. The average molecular weight is 158 g/mol. The monoisotopic (exact) mass is 158 g/mol. The number of hydrogen-bond donors (Lipinski definition) is 0. The Bertz CT molecular complexity index is 150. The van der Waals surface area contributed by atoms with E-state index in [0.717, 1.165) is 12.8 Å². The van der Waals surface area contributed by atoms with Crippen LogP contribution < -0.4 is 18.9 Å². The Morgan fingerprint density at radius 1 is 1.25 bits per heavy atom. The van der Waals surface area contributed by atoms with Gasteiger partial charge in [0.2, 0.25) is 0 Å². The zero-order chi connectivity index (χ0) is 8.69. The van der Waals surface area contributed by atoms with Gasteiger partial charge in [0.05, 0.1) is 0 Å². The van der Waals surface area contributed by atoms with Crippen LogP contribution in [0.1, 0.15) is 40.0 Å². The molecule has 0 aliphatic carbocycles. The quantitative estimate of drug-likeness (QED) is 0.324. The van der Waals surface area contributed by atoms with Gasteiger partial charge < -0.3 is 0 Å². The van der Waals surface area contributed by atoms with E-state index >= 15 is 0 Å². The molecular formula is C11H19Li. The van der Waals surface area contributed by atoms with Crippen LogP contribution >= 0.6 is 0 Å². The number of rotatable bonds is 4. The maximum Gasteiger partial charge on any atom is 1.00 e. The summed E-state index contributed by atoms with van der Waals surface area (Å²) in [7, 11) is 0. The predicted molar refractivity (Wildman–Crippen MR) is 52.4 cm³/mol. The third-order valence-corrected chi connectivity index (χ3v) is 1.58. The summed E-state index contributed by atoms with van der Waals surface area (Å²) in [6.45, 7) is 10.2. The van der Waals surface area contributed by atoms with Crippen LogP contribution in [0.5, 0.6) is 0 Å². The Kier molecular flexibility index (Phi) is 10.9. The molecule has 64 valence electrons. The summed E-state index contributed by atoms with van der Waals surface area (Å²) in [6.07, 6.45) is 7.94. The molecule has 0 radical (unpaired) electrons. The standard InChI is InChI=1S/C11H19.Li/c1-5-7-11(4)9-6-8-10(2)3;/h7-8H,2,5-6,9H2,1,3-4H3;/q-1;+1/b10-8+,11-7-;. The molecule has 0 aromatic rings. The van der Waals surface area contributed by atoms with E-state index in [-0.39, 0.29) is 18.9 Å². The summed E-state index contributed by atoms with van der Waals surface area (Å²) >= 11 is 0. The van der Waals surface area contributed by atoms with Gasteiger partial charge >= 0.3 is 18.9 Å². The van der Waals surface area contributed by atoms with E-state index in [1.807, 2.05) is 6.92 Å². The van der Waals surface area contributed by atoms with Crippen molar-refractivity contribution in [2.75, 3.05) is 0 Å². The molecule has 0 aliphatic heterocycles. The van der Waals surface area contributed by atoms with Gasteiger partial charge in [-0.05, 0) is 19.8 Å². The summed E-state index contributed by atoms with van der Waals surface area (Å²) in [5, 5.41) is 0. The molecule has 0 rings (SSSR count). The molecule has 0 amide bonds. The molecule has 0 aromatic heterocycles. The fraction of sp³-hybridized carbons (Fsp3) is 0.545. The van der Waals surface area contributed by atoms with Crippen molar-refractivity contribution in [2.24, 2.45) is 0 Å². The van der Waals surface area contributed by atoms with E-state index in [2.05, 4.69) is 32.9 Å². The SMILES string of the molecule is [CH2-]/C(C)=C\CC/C(C)=C\CC.[Li+]. The normalized spacial score (nSPS) is 12.6. The molecule has 0 atom stereocenters. The largest absolute Gasteiger partial charge is 1.00 e. The Balaban J connectivity index is 0. The Morgan fingerprint density at radius 2 is 1.83 bits per heavy atom. The van der Waals surface area contributed by atoms with E-state index < -0.39 is 0 Å². The summed E-state index contributed by atoms with van der Waals surface area (Å²) in [5.74, 6) is 0. The molecule has 0 saturated heterocycles. The Labute approximate surface area is 89.3 Å². The molecule has 0 heterocycles. The topological polar surface area (TPSA) is 0 Å². The van der Waals surface area contributed by atoms with Gasteiger partial charge in [-0.2, -0.15) is 0 Å². The molecule has 0 aromatic carbocycles. The fourth-order valence-electron chi connectivity index (χ4n) is 0.997. The van der Waals surface area contributed by atoms with Crippen molar-refractivity contribution in [3.05, 3.63) is 30.2 Å². The summed E-state index contributed by atoms with van der Waals surface area (Å²) < 4.78 is 0. The fourth-order valence-corrected chi connectivity index (χ4v) is 0.997. The van der Waals surface area contributed by atoms with Crippen LogP contribution in [0.15, 0.2) is 23.3 Å². The molecular weight excluding hydrogens is 139 g/mol. The second kappa shape index (κ2) is 9.04. The van der Waals surface area contributed by atoms with Crippen LogP contribution in [0.25, 0.3) is 0 Å². The van der Waals surface area contributed by atoms with Crippen molar-refractivity contribution in [1.29, 1.82) is 0 Å². The predicted octanol–water partition coefficient (Wildman–Crippen LogP) is 0.907. The van der Waals surface area contributed by atoms with Crippen LogP contribution in [0, 0.1) is 6.92 Å². The van der Waals surface area contributed by atoms with Gasteiger partial charge in [-0.1, -0.05) is 31.9 Å². The van der Waals surface area contributed by atoms with Gasteiger partial charge in [-0.3, -0.25) is 0 Å². The molecule has 0 bridgehead atoms. The van der Waals surface area contributed by atoms with E-state index in [0.29, 0.717) is 0 Å². The minimum Gasteiger partial charge on any atom is -0.242 e. The first kappa shape index (κ1) is 14.5. The Hall–Kier alpha value is -0.0526. The van der Waals surface area contributed by atoms with E-state index in [9.17, 15) is 0 Å². The minimum absolute atomic E-state index is 0. The van der Waals surface area contributed by atoms with Gasteiger partial charge in [0.25, 0.3) is 0 Å². The third kappa shape index (κ3) is 9.95. The molecule has 0 spiro atoms. The third-order valence-electron chi connectivity index (χ3n) is 1.58. The average Bonchev–Trinajstić information content (AvgIpc) is 1.87.